The summed E-state index contributed by atoms with van der Waals surface area (Å²) in [6, 6.07) is 1.86. The van der Waals surface area contributed by atoms with Crippen LogP contribution in [0.5, 0.6) is 5.88 Å². The SMILES string of the molecule is CCCNc1nc(C)cc(OCC(C)C)n1. The number of aryl methyl sites for hydroxylation is 1. The number of anilines is 1. The Morgan fingerprint density at radius 2 is 2.12 bits per heavy atom. The van der Waals surface area contributed by atoms with E-state index in [1.807, 2.05) is 13.0 Å². The third-order valence-corrected chi connectivity index (χ3v) is 1.93. The molecule has 90 valence electrons. The van der Waals surface area contributed by atoms with Crippen LogP contribution >= 0.6 is 0 Å². The number of nitrogens with one attached hydrogen (secondary N) is 1. The molecule has 0 spiro atoms. The highest BCUT2D eigenvalue weighted by Crippen LogP contribution is 2.12. The first-order valence-corrected chi connectivity index (χ1v) is 5.84. The highest BCUT2D eigenvalue weighted by atomic mass is 16.5. The minimum atomic E-state index is 0.502. The predicted molar refractivity (Wildman–Crippen MR) is 65.9 cm³/mol. The van der Waals surface area contributed by atoms with Gasteiger partial charge in [-0.25, -0.2) is 4.98 Å². The van der Waals surface area contributed by atoms with Gasteiger partial charge in [0.25, 0.3) is 0 Å². The van der Waals surface area contributed by atoms with Crippen LogP contribution in [0.1, 0.15) is 32.9 Å². The average Bonchev–Trinajstić information content (AvgIpc) is 2.23. The van der Waals surface area contributed by atoms with Gasteiger partial charge in [-0.3, -0.25) is 0 Å². The summed E-state index contributed by atoms with van der Waals surface area (Å²) in [4.78, 5) is 8.59. The van der Waals surface area contributed by atoms with Crippen LogP contribution in [0.25, 0.3) is 0 Å². The van der Waals surface area contributed by atoms with Crippen molar-refractivity contribution in [3.8, 4) is 5.88 Å². The molecule has 1 N–H and O–H groups in total. The van der Waals surface area contributed by atoms with Gasteiger partial charge in [-0.05, 0) is 19.3 Å². The van der Waals surface area contributed by atoms with Crippen LogP contribution in [-0.4, -0.2) is 23.1 Å². The van der Waals surface area contributed by atoms with Crippen molar-refractivity contribution in [3.05, 3.63) is 11.8 Å². The molecule has 0 aliphatic rings. The number of nitrogens with zero attached hydrogens (tertiary/aromatic N) is 2. The Hall–Kier alpha value is -1.32. The highest BCUT2D eigenvalue weighted by molar-refractivity contribution is 5.30. The molecule has 0 amide bonds. The zero-order chi connectivity index (χ0) is 12.0. The first-order valence-electron chi connectivity index (χ1n) is 5.84. The number of ether oxygens (including phenoxy) is 1. The second kappa shape index (κ2) is 6.30. The molecule has 4 heteroatoms. The molecule has 4 nitrogen and oxygen atoms in total. The molecule has 16 heavy (non-hydrogen) atoms. The lowest BCUT2D eigenvalue weighted by atomic mass is 10.2. The zero-order valence-electron chi connectivity index (χ0n) is 10.6. The second-order valence-corrected chi connectivity index (χ2v) is 4.30. The van der Waals surface area contributed by atoms with Gasteiger partial charge in [-0.15, -0.1) is 0 Å². The van der Waals surface area contributed by atoms with Gasteiger partial charge in [-0.2, -0.15) is 4.98 Å². The van der Waals surface area contributed by atoms with Gasteiger partial charge in [0.05, 0.1) is 6.61 Å². The van der Waals surface area contributed by atoms with E-state index in [2.05, 4.69) is 36.1 Å². The third kappa shape index (κ3) is 4.47. The third-order valence-electron chi connectivity index (χ3n) is 1.93. The van der Waals surface area contributed by atoms with Gasteiger partial charge in [-0.1, -0.05) is 20.8 Å². The smallest absolute Gasteiger partial charge is 0.226 e. The van der Waals surface area contributed by atoms with E-state index in [0.717, 1.165) is 18.7 Å². The van der Waals surface area contributed by atoms with Crippen LogP contribution in [0.15, 0.2) is 6.07 Å². The first kappa shape index (κ1) is 12.7. The Labute approximate surface area is 97.5 Å². The predicted octanol–water partition coefficient (Wildman–Crippen LogP) is 2.64. The molecule has 0 bridgehead atoms. The second-order valence-electron chi connectivity index (χ2n) is 4.30. The Bertz CT molecular complexity index is 326. The van der Waals surface area contributed by atoms with Crippen LogP contribution < -0.4 is 10.1 Å². The van der Waals surface area contributed by atoms with Crippen LogP contribution in [-0.2, 0) is 0 Å². The van der Waals surface area contributed by atoms with Crippen molar-refractivity contribution >= 4 is 5.95 Å². The standard InChI is InChI=1S/C12H21N3O/c1-5-6-13-12-14-10(4)7-11(15-12)16-8-9(2)3/h7,9H,5-6,8H2,1-4H3,(H,13,14,15). The normalized spacial score (nSPS) is 10.6. The van der Waals surface area contributed by atoms with Crippen LogP contribution in [0.3, 0.4) is 0 Å². The Morgan fingerprint density at radius 1 is 1.38 bits per heavy atom. The quantitative estimate of drug-likeness (QED) is 0.805. The number of aromatic nitrogens is 2. The number of rotatable bonds is 6. The summed E-state index contributed by atoms with van der Waals surface area (Å²) in [6.07, 6.45) is 1.06. The molecule has 0 aromatic carbocycles. The van der Waals surface area contributed by atoms with E-state index in [9.17, 15) is 0 Å². The van der Waals surface area contributed by atoms with Crippen molar-refractivity contribution < 1.29 is 4.74 Å². The van der Waals surface area contributed by atoms with Gasteiger partial charge in [0.1, 0.15) is 0 Å². The maximum atomic E-state index is 5.58. The summed E-state index contributed by atoms with van der Waals surface area (Å²) in [6.45, 7) is 9.85. The van der Waals surface area contributed by atoms with E-state index >= 15 is 0 Å². The van der Waals surface area contributed by atoms with Crippen molar-refractivity contribution in [2.24, 2.45) is 5.92 Å². The van der Waals surface area contributed by atoms with Gasteiger partial charge in [0.2, 0.25) is 11.8 Å². The summed E-state index contributed by atoms with van der Waals surface area (Å²) in [5.74, 6) is 1.81. The maximum Gasteiger partial charge on any atom is 0.226 e. The van der Waals surface area contributed by atoms with E-state index in [1.165, 1.54) is 0 Å². The summed E-state index contributed by atoms with van der Waals surface area (Å²) in [5, 5.41) is 3.16. The average molecular weight is 223 g/mol. The first-order chi connectivity index (χ1) is 7.61. The van der Waals surface area contributed by atoms with Crippen LogP contribution in [0.4, 0.5) is 5.95 Å². The lowest BCUT2D eigenvalue weighted by molar-refractivity contribution is 0.261. The van der Waals surface area contributed by atoms with Crippen LogP contribution in [0.2, 0.25) is 0 Å². The minimum absolute atomic E-state index is 0.502. The van der Waals surface area contributed by atoms with Crippen molar-refractivity contribution in [1.82, 2.24) is 9.97 Å². The zero-order valence-corrected chi connectivity index (χ0v) is 10.6. The Balaban J connectivity index is 2.65. The van der Waals surface area contributed by atoms with E-state index < -0.39 is 0 Å². The molecule has 0 atom stereocenters. The fourth-order valence-corrected chi connectivity index (χ4v) is 1.18. The van der Waals surface area contributed by atoms with Gasteiger partial charge in [0.15, 0.2) is 0 Å². The lowest BCUT2D eigenvalue weighted by Crippen LogP contribution is -2.09. The van der Waals surface area contributed by atoms with Crippen molar-refractivity contribution in [2.75, 3.05) is 18.5 Å². The summed E-state index contributed by atoms with van der Waals surface area (Å²) in [5.41, 5.74) is 0.923. The maximum absolute atomic E-state index is 5.58. The van der Waals surface area contributed by atoms with Crippen molar-refractivity contribution in [2.45, 2.75) is 34.1 Å². The largest absolute Gasteiger partial charge is 0.477 e. The Morgan fingerprint density at radius 3 is 2.75 bits per heavy atom. The molecule has 1 rings (SSSR count). The molecule has 0 aliphatic heterocycles. The fraction of sp³-hybridized carbons (Fsp3) is 0.667. The van der Waals surface area contributed by atoms with E-state index in [-0.39, 0.29) is 0 Å². The Kier molecular flexibility index (Phi) is 5.02. The molecule has 0 saturated carbocycles. The van der Waals surface area contributed by atoms with E-state index in [4.69, 9.17) is 4.74 Å². The highest BCUT2D eigenvalue weighted by Gasteiger charge is 2.03. The minimum Gasteiger partial charge on any atom is -0.477 e. The topological polar surface area (TPSA) is 47.0 Å². The number of hydrogen-bond acceptors (Lipinski definition) is 4. The molecule has 0 saturated heterocycles. The molecule has 0 aliphatic carbocycles. The monoisotopic (exact) mass is 223 g/mol. The van der Waals surface area contributed by atoms with Gasteiger partial charge in [0, 0.05) is 18.3 Å². The number of hydrogen-bond donors (Lipinski definition) is 1. The molecule has 0 unspecified atom stereocenters. The van der Waals surface area contributed by atoms with E-state index in [1.54, 1.807) is 0 Å². The molecule has 0 fully saturated rings. The fourth-order valence-electron chi connectivity index (χ4n) is 1.18. The summed E-state index contributed by atoms with van der Waals surface area (Å²) < 4.78 is 5.58. The van der Waals surface area contributed by atoms with Crippen LogP contribution in [0, 0.1) is 12.8 Å². The summed E-state index contributed by atoms with van der Waals surface area (Å²) >= 11 is 0. The molecule has 0 radical (unpaired) electrons. The van der Waals surface area contributed by atoms with Crippen molar-refractivity contribution in [3.63, 3.8) is 0 Å². The lowest BCUT2D eigenvalue weighted by Gasteiger charge is -2.10. The molecule has 1 heterocycles. The molecular weight excluding hydrogens is 202 g/mol. The van der Waals surface area contributed by atoms with E-state index in [0.29, 0.717) is 24.4 Å². The molecule has 1 aromatic rings. The van der Waals surface area contributed by atoms with Gasteiger partial charge >= 0.3 is 0 Å². The molecule has 1 aromatic heterocycles. The molecular formula is C12H21N3O. The summed E-state index contributed by atoms with van der Waals surface area (Å²) in [7, 11) is 0. The van der Waals surface area contributed by atoms with Crippen molar-refractivity contribution in [1.29, 1.82) is 0 Å². The van der Waals surface area contributed by atoms with Gasteiger partial charge < -0.3 is 10.1 Å².